The van der Waals surface area contributed by atoms with Gasteiger partial charge in [0.2, 0.25) is 10.0 Å². The van der Waals surface area contributed by atoms with Gasteiger partial charge >= 0.3 is 0 Å². The van der Waals surface area contributed by atoms with Gasteiger partial charge in [0.1, 0.15) is 5.69 Å². The summed E-state index contributed by atoms with van der Waals surface area (Å²) in [5.41, 5.74) is 0.382. The number of aromatic nitrogens is 1. The lowest BCUT2D eigenvalue weighted by Crippen LogP contribution is -2.12. The molecule has 8 nitrogen and oxygen atoms in total. The first-order chi connectivity index (χ1) is 11.2. The monoisotopic (exact) mass is 384 g/mol. The lowest BCUT2D eigenvalue weighted by Gasteiger charge is -2.05. The van der Waals surface area contributed by atoms with Crippen LogP contribution in [0.15, 0.2) is 41.3 Å². The number of nitrogens with two attached hydrogens (primary N) is 1. The van der Waals surface area contributed by atoms with Gasteiger partial charge in [0.25, 0.3) is 5.69 Å². The molecule has 0 bridgehead atoms. The van der Waals surface area contributed by atoms with Crippen molar-refractivity contribution in [3.8, 4) is 0 Å². The van der Waals surface area contributed by atoms with Crippen LogP contribution in [0.5, 0.6) is 0 Å². The van der Waals surface area contributed by atoms with Gasteiger partial charge in [-0.1, -0.05) is 22.9 Å². The average Bonchev–Trinajstić information content (AvgIpc) is 2.87. The number of anilines is 2. The molecule has 3 rings (SSSR count). The maximum Gasteiger partial charge on any atom is 0.294 e. The van der Waals surface area contributed by atoms with E-state index in [1.807, 2.05) is 0 Å². The Morgan fingerprint density at radius 1 is 1.25 bits per heavy atom. The Balaban J connectivity index is 2.03. The van der Waals surface area contributed by atoms with E-state index in [1.54, 1.807) is 18.2 Å². The van der Waals surface area contributed by atoms with Gasteiger partial charge in [-0.3, -0.25) is 10.1 Å². The van der Waals surface area contributed by atoms with Gasteiger partial charge in [-0.2, -0.15) is 0 Å². The van der Waals surface area contributed by atoms with Crippen LogP contribution >= 0.6 is 22.9 Å². The van der Waals surface area contributed by atoms with E-state index in [0.717, 1.165) is 10.8 Å². The molecule has 3 N–H and O–H groups in total. The van der Waals surface area contributed by atoms with Crippen molar-refractivity contribution < 1.29 is 13.3 Å². The van der Waals surface area contributed by atoms with Gasteiger partial charge in [0.15, 0.2) is 5.13 Å². The highest BCUT2D eigenvalue weighted by Crippen LogP contribution is 2.34. The lowest BCUT2D eigenvalue weighted by atomic mass is 10.2. The van der Waals surface area contributed by atoms with Crippen molar-refractivity contribution >= 4 is 59.7 Å². The molecule has 11 heteroatoms. The minimum atomic E-state index is -4.03. The Bertz CT molecular complexity index is 1070. The number of primary sulfonamides is 1. The number of benzene rings is 2. The highest BCUT2D eigenvalue weighted by atomic mass is 35.5. The first-order valence-electron chi connectivity index (χ1n) is 6.38. The number of nitrogens with zero attached hydrogens (tertiary/aromatic N) is 2. The van der Waals surface area contributed by atoms with Crippen LogP contribution in [0.2, 0.25) is 5.02 Å². The number of halogens is 1. The summed E-state index contributed by atoms with van der Waals surface area (Å²) < 4.78 is 23.5. The minimum Gasteiger partial charge on any atom is -0.326 e. The maximum absolute atomic E-state index is 11.3. The quantitative estimate of drug-likeness (QED) is 0.524. The molecule has 0 saturated carbocycles. The lowest BCUT2D eigenvalue weighted by molar-refractivity contribution is -0.384. The third kappa shape index (κ3) is 3.31. The Labute approximate surface area is 145 Å². The molecule has 0 amide bonds. The van der Waals surface area contributed by atoms with Crippen LogP contribution in [0.25, 0.3) is 10.2 Å². The summed E-state index contributed by atoms with van der Waals surface area (Å²) in [5, 5.41) is 20.0. The van der Waals surface area contributed by atoms with E-state index < -0.39 is 20.6 Å². The van der Waals surface area contributed by atoms with Gasteiger partial charge < -0.3 is 5.32 Å². The summed E-state index contributed by atoms with van der Waals surface area (Å²) in [7, 11) is -4.03. The highest BCUT2D eigenvalue weighted by Gasteiger charge is 2.20. The van der Waals surface area contributed by atoms with E-state index in [9.17, 15) is 18.5 Å². The maximum atomic E-state index is 11.3. The standard InChI is InChI=1S/C13H9ClN4O4S2/c14-7-1-3-10-12(5-7)23-13(17-10)16-9-4-2-8(24(15,21)22)6-11(9)18(19)20/h1-6H,(H,16,17)(H2,15,21,22). The second-order valence-electron chi connectivity index (χ2n) is 4.74. The van der Waals surface area contributed by atoms with Gasteiger partial charge in [0.05, 0.1) is 20.0 Å². The molecule has 0 saturated heterocycles. The van der Waals surface area contributed by atoms with Gasteiger partial charge in [-0.25, -0.2) is 18.5 Å². The van der Waals surface area contributed by atoms with Crippen molar-refractivity contribution in [1.29, 1.82) is 0 Å². The molecule has 124 valence electrons. The summed E-state index contributed by atoms with van der Waals surface area (Å²) in [6.07, 6.45) is 0. The number of rotatable bonds is 4. The molecular formula is C13H9ClN4O4S2. The Morgan fingerprint density at radius 3 is 2.67 bits per heavy atom. The SMILES string of the molecule is NS(=O)(=O)c1ccc(Nc2nc3ccc(Cl)cc3s2)c([N+](=O)[O-])c1. The smallest absolute Gasteiger partial charge is 0.294 e. The second-order valence-corrected chi connectivity index (χ2v) is 7.77. The fourth-order valence-corrected chi connectivity index (χ4v) is 3.70. The summed E-state index contributed by atoms with van der Waals surface area (Å²) in [5.74, 6) is 0. The molecule has 0 aliphatic carbocycles. The van der Waals surface area contributed by atoms with Crippen molar-refractivity contribution in [3.05, 3.63) is 51.5 Å². The normalized spacial score (nSPS) is 11.6. The zero-order chi connectivity index (χ0) is 17.5. The van der Waals surface area contributed by atoms with Crippen molar-refractivity contribution in [2.75, 3.05) is 5.32 Å². The van der Waals surface area contributed by atoms with Crippen LogP contribution in [0.3, 0.4) is 0 Å². The molecule has 1 heterocycles. The van der Waals surface area contributed by atoms with E-state index in [2.05, 4.69) is 10.3 Å². The molecule has 2 aromatic carbocycles. The molecule has 0 unspecified atom stereocenters. The van der Waals surface area contributed by atoms with E-state index in [0.29, 0.717) is 15.7 Å². The number of nitro benzene ring substituents is 1. The predicted octanol–water partition coefficient (Wildman–Crippen LogP) is 3.25. The number of fused-ring (bicyclic) bond motifs is 1. The molecular weight excluding hydrogens is 376 g/mol. The van der Waals surface area contributed by atoms with Crippen LogP contribution in [-0.2, 0) is 10.0 Å². The van der Waals surface area contributed by atoms with Crippen molar-refractivity contribution in [3.63, 3.8) is 0 Å². The van der Waals surface area contributed by atoms with Crippen molar-refractivity contribution in [1.82, 2.24) is 4.98 Å². The summed E-state index contributed by atoms with van der Waals surface area (Å²) in [4.78, 5) is 14.5. The molecule has 0 aliphatic rings. The first kappa shape index (κ1) is 16.6. The van der Waals surface area contributed by atoms with Gasteiger partial charge in [-0.05, 0) is 30.3 Å². The highest BCUT2D eigenvalue weighted by molar-refractivity contribution is 7.89. The minimum absolute atomic E-state index is 0.109. The van der Waals surface area contributed by atoms with Crippen molar-refractivity contribution in [2.24, 2.45) is 5.14 Å². The van der Waals surface area contributed by atoms with Crippen LogP contribution in [0.4, 0.5) is 16.5 Å². The van der Waals surface area contributed by atoms with Crippen molar-refractivity contribution in [2.45, 2.75) is 4.90 Å². The Kier molecular flexibility index (Phi) is 4.13. The number of sulfonamides is 1. The number of nitro groups is 1. The molecule has 0 fully saturated rings. The molecule has 0 atom stereocenters. The summed E-state index contributed by atoms with van der Waals surface area (Å²) in [6, 6.07) is 8.53. The average molecular weight is 385 g/mol. The number of nitrogens with one attached hydrogen (secondary N) is 1. The Hall–Kier alpha value is -2.27. The molecule has 3 aromatic rings. The van der Waals surface area contributed by atoms with E-state index in [4.69, 9.17) is 16.7 Å². The molecule has 0 radical (unpaired) electrons. The van der Waals surface area contributed by atoms with Gasteiger partial charge in [-0.15, -0.1) is 0 Å². The largest absolute Gasteiger partial charge is 0.326 e. The fraction of sp³-hybridized carbons (Fsp3) is 0. The molecule has 1 aromatic heterocycles. The summed E-state index contributed by atoms with van der Waals surface area (Å²) in [6.45, 7) is 0. The summed E-state index contributed by atoms with van der Waals surface area (Å²) >= 11 is 7.18. The van der Waals surface area contributed by atoms with Crippen LogP contribution in [0, 0.1) is 10.1 Å². The predicted molar refractivity (Wildman–Crippen MR) is 92.4 cm³/mol. The topological polar surface area (TPSA) is 128 Å². The third-order valence-electron chi connectivity index (χ3n) is 3.09. The van der Waals surface area contributed by atoms with E-state index in [-0.39, 0.29) is 10.6 Å². The molecule has 0 spiro atoms. The third-order valence-corrected chi connectivity index (χ3v) is 5.17. The number of thiazole rings is 1. The fourth-order valence-electron chi connectivity index (χ4n) is 2.01. The van der Waals surface area contributed by atoms with E-state index in [1.165, 1.54) is 23.5 Å². The zero-order valence-corrected chi connectivity index (χ0v) is 14.2. The zero-order valence-electron chi connectivity index (χ0n) is 11.8. The first-order valence-corrected chi connectivity index (χ1v) is 9.12. The molecule has 0 aliphatic heterocycles. The van der Waals surface area contributed by atoms with Gasteiger partial charge in [0, 0.05) is 11.1 Å². The second kappa shape index (κ2) is 5.98. The van der Waals surface area contributed by atoms with Crippen LogP contribution in [0.1, 0.15) is 0 Å². The number of hydrogen-bond donors (Lipinski definition) is 2. The Morgan fingerprint density at radius 2 is 2.00 bits per heavy atom. The van der Waals surface area contributed by atoms with Crippen LogP contribution < -0.4 is 10.5 Å². The molecule has 24 heavy (non-hydrogen) atoms. The van der Waals surface area contributed by atoms with E-state index >= 15 is 0 Å². The number of hydrogen-bond acceptors (Lipinski definition) is 7. The van der Waals surface area contributed by atoms with Crippen LogP contribution in [-0.4, -0.2) is 18.3 Å².